The minimum atomic E-state index is -0.737. The summed E-state index contributed by atoms with van der Waals surface area (Å²) in [5, 5.41) is 7.88. The lowest BCUT2D eigenvalue weighted by Crippen LogP contribution is -2.30. The molecule has 3 N–H and O–H groups in total. The lowest BCUT2D eigenvalue weighted by atomic mass is 9.83. The van der Waals surface area contributed by atoms with Crippen LogP contribution < -0.4 is 16.0 Å². The Morgan fingerprint density at radius 3 is 1.86 bits per heavy atom. The molecule has 3 amide bonds. The van der Waals surface area contributed by atoms with E-state index in [0.29, 0.717) is 28.3 Å². The van der Waals surface area contributed by atoms with Crippen molar-refractivity contribution in [1.29, 1.82) is 0 Å². The largest absolute Gasteiger partial charge is 0.324 e. The Kier molecular flexibility index (Phi) is 11.2. The number of hydrogen-bond donors (Lipinski definition) is 3. The quantitative estimate of drug-likeness (QED) is 0.0894. The number of rotatable bonds is 11. The summed E-state index contributed by atoms with van der Waals surface area (Å²) in [4.78, 5) is 68.6. The summed E-state index contributed by atoms with van der Waals surface area (Å²) in [5.74, 6) is -1.55. The summed E-state index contributed by atoms with van der Waals surface area (Å²) in [6.07, 6.45) is 1.64. The van der Waals surface area contributed by atoms with E-state index in [1.165, 1.54) is 11.8 Å². The number of anilines is 2. The zero-order chi connectivity index (χ0) is 39.2. The van der Waals surface area contributed by atoms with Gasteiger partial charge in [-0.05, 0) is 71.1 Å². The molecule has 6 aromatic carbocycles. The molecule has 1 aliphatic carbocycles. The van der Waals surface area contributed by atoms with Gasteiger partial charge in [-0.3, -0.25) is 24.0 Å². The molecule has 7 rings (SSSR count). The number of thioether (sulfide) groups is 1. The van der Waals surface area contributed by atoms with Crippen molar-refractivity contribution in [1.82, 2.24) is 5.32 Å². The molecule has 0 aromatic heterocycles. The van der Waals surface area contributed by atoms with Crippen LogP contribution in [0.4, 0.5) is 11.4 Å². The van der Waals surface area contributed by atoms with Crippen LogP contribution in [0.5, 0.6) is 0 Å². The van der Waals surface area contributed by atoms with Gasteiger partial charge in [-0.1, -0.05) is 123 Å². The third-order valence-corrected chi connectivity index (χ3v) is 10.6. The van der Waals surface area contributed by atoms with E-state index in [1.54, 1.807) is 97.1 Å². The molecule has 0 fully saturated rings. The van der Waals surface area contributed by atoms with Crippen LogP contribution in [0, 0.1) is 0 Å². The van der Waals surface area contributed by atoms with Gasteiger partial charge >= 0.3 is 0 Å². The first kappa shape index (κ1) is 37.5. The van der Waals surface area contributed by atoms with E-state index in [0.717, 1.165) is 21.6 Å². The van der Waals surface area contributed by atoms with E-state index in [1.807, 2.05) is 60.7 Å². The standard InChI is InChI=1S/C47H37N3O5S/c1-29(2)31-22-20-30(21-23-31)28-40(50-45(53)33-14-7-4-8-15-33)46(54)48-34-24-26-35(27-25-34)56-44(32-12-5-3-6-13-32)47(55)49-39-19-11-18-38-41(39)43(52)37-17-10-9-16-36(37)42(38)51/h3-29,44H,1-2H3,(H,48,54)(H,49,55)(H,50,53)/b40-28-. The highest BCUT2D eigenvalue weighted by atomic mass is 32.2. The van der Waals surface area contributed by atoms with Crippen molar-refractivity contribution in [2.45, 2.75) is 29.9 Å². The van der Waals surface area contributed by atoms with Gasteiger partial charge in [0.25, 0.3) is 11.8 Å². The fourth-order valence-electron chi connectivity index (χ4n) is 6.39. The SMILES string of the molecule is CC(C)c1ccc(/C=C(\NC(=O)c2ccccc2)C(=O)Nc2ccc(SC(C(=O)Nc3cccc4c3C(=O)c3ccccc3C4=O)c3ccccc3)cc2)cc1. The van der Waals surface area contributed by atoms with Gasteiger partial charge in [-0.15, -0.1) is 11.8 Å². The van der Waals surface area contributed by atoms with Gasteiger partial charge in [0.15, 0.2) is 11.6 Å². The maximum absolute atomic E-state index is 14.1. The molecule has 6 aromatic rings. The monoisotopic (exact) mass is 755 g/mol. The number of fused-ring (bicyclic) bond motifs is 2. The van der Waals surface area contributed by atoms with Gasteiger partial charge in [0.2, 0.25) is 5.91 Å². The molecule has 0 heterocycles. The predicted molar refractivity (Wildman–Crippen MR) is 221 cm³/mol. The van der Waals surface area contributed by atoms with E-state index in [9.17, 15) is 24.0 Å². The zero-order valence-corrected chi connectivity index (χ0v) is 31.4. The van der Waals surface area contributed by atoms with Crippen molar-refractivity contribution in [3.63, 3.8) is 0 Å². The van der Waals surface area contributed by atoms with Crippen molar-refractivity contribution in [2.24, 2.45) is 0 Å². The Morgan fingerprint density at radius 2 is 1.20 bits per heavy atom. The minimum absolute atomic E-state index is 0.0715. The number of carbonyl (C=O) groups excluding carboxylic acids is 5. The molecular weight excluding hydrogens is 719 g/mol. The normalized spacial score (nSPS) is 12.7. The molecule has 0 radical (unpaired) electrons. The predicted octanol–water partition coefficient (Wildman–Crippen LogP) is 9.47. The van der Waals surface area contributed by atoms with Crippen LogP contribution in [-0.2, 0) is 9.59 Å². The zero-order valence-electron chi connectivity index (χ0n) is 30.6. The minimum Gasteiger partial charge on any atom is -0.324 e. The van der Waals surface area contributed by atoms with Gasteiger partial charge in [-0.25, -0.2) is 0 Å². The van der Waals surface area contributed by atoms with E-state index in [2.05, 4.69) is 29.8 Å². The molecule has 56 heavy (non-hydrogen) atoms. The van der Waals surface area contributed by atoms with Crippen LogP contribution in [0.15, 0.2) is 162 Å². The van der Waals surface area contributed by atoms with Crippen LogP contribution in [0.2, 0.25) is 0 Å². The molecule has 0 bridgehead atoms. The van der Waals surface area contributed by atoms with E-state index in [4.69, 9.17) is 0 Å². The average molecular weight is 756 g/mol. The molecule has 0 saturated heterocycles. The highest BCUT2D eigenvalue weighted by Gasteiger charge is 2.33. The highest BCUT2D eigenvalue weighted by molar-refractivity contribution is 8.00. The molecular formula is C47H37N3O5S. The second kappa shape index (κ2) is 16.7. The molecule has 276 valence electrons. The third kappa shape index (κ3) is 8.28. The van der Waals surface area contributed by atoms with Crippen molar-refractivity contribution in [2.75, 3.05) is 10.6 Å². The Morgan fingerprint density at radius 1 is 0.589 bits per heavy atom. The molecule has 0 spiro atoms. The lowest BCUT2D eigenvalue weighted by Gasteiger charge is -2.22. The first-order chi connectivity index (χ1) is 27.2. The maximum Gasteiger partial charge on any atom is 0.272 e. The summed E-state index contributed by atoms with van der Waals surface area (Å²) in [7, 11) is 0. The molecule has 1 unspecified atom stereocenters. The van der Waals surface area contributed by atoms with E-state index < -0.39 is 17.1 Å². The van der Waals surface area contributed by atoms with Gasteiger partial charge in [0, 0.05) is 32.8 Å². The summed E-state index contributed by atoms with van der Waals surface area (Å²) in [6.45, 7) is 4.21. The number of hydrogen-bond acceptors (Lipinski definition) is 6. The lowest BCUT2D eigenvalue weighted by molar-refractivity contribution is -0.116. The summed E-state index contributed by atoms with van der Waals surface area (Å²) < 4.78 is 0. The molecule has 0 saturated carbocycles. The molecule has 1 aliphatic rings. The summed E-state index contributed by atoms with van der Waals surface area (Å²) >= 11 is 1.30. The Balaban J connectivity index is 1.10. The fraction of sp³-hybridized carbons (Fsp3) is 0.0851. The first-order valence-electron chi connectivity index (χ1n) is 18.1. The van der Waals surface area contributed by atoms with Gasteiger partial charge < -0.3 is 16.0 Å². The van der Waals surface area contributed by atoms with Crippen molar-refractivity contribution < 1.29 is 24.0 Å². The summed E-state index contributed by atoms with van der Waals surface area (Å²) in [6, 6.07) is 44.4. The molecule has 1 atom stereocenters. The Labute approximate surface area is 329 Å². The topological polar surface area (TPSA) is 121 Å². The number of carbonyl (C=O) groups is 5. The van der Waals surface area contributed by atoms with Crippen molar-refractivity contribution >= 4 is 58.5 Å². The van der Waals surface area contributed by atoms with Gasteiger partial charge in [0.1, 0.15) is 10.9 Å². The molecule has 8 nitrogen and oxygen atoms in total. The van der Waals surface area contributed by atoms with Gasteiger partial charge in [0.05, 0.1) is 11.3 Å². The van der Waals surface area contributed by atoms with Crippen molar-refractivity contribution in [3.05, 3.63) is 202 Å². The number of ketones is 2. The number of nitrogens with one attached hydrogen (secondary N) is 3. The van der Waals surface area contributed by atoms with Crippen LogP contribution >= 0.6 is 11.8 Å². The Bertz CT molecular complexity index is 2480. The van der Waals surface area contributed by atoms with Crippen LogP contribution in [0.25, 0.3) is 6.08 Å². The number of benzene rings is 6. The smallest absolute Gasteiger partial charge is 0.272 e. The van der Waals surface area contributed by atoms with Crippen LogP contribution in [0.3, 0.4) is 0 Å². The number of amides is 3. The van der Waals surface area contributed by atoms with E-state index in [-0.39, 0.29) is 40.0 Å². The first-order valence-corrected chi connectivity index (χ1v) is 19.0. The van der Waals surface area contributed by atoms with Crippen LogP contribution in [-0.4, -0.2) is 29.3 Å². The fourth-order valence-corrected chi connectivity index (χ4v) is 7.41. The third-order valence-electron chi connectivity index (χ3n) is 9.36. The second-order valence-electron chi connectivity index (χ2n) is 13.5. The Hall–Kier alpha value is -6.84. The highest BCUT2D eigenvalue weighted by Crippen LogP contribution is 2.38. The van der Waals surface area contributed by atoms with Gasteiger partial charge in [-0.2, -0.15) is 0 Å². The van der Waals surface area contributed by atoms with E-state index >= 15 is 0 Å². The summed E-state index contributed by atoms with van der Waals surface area (Å²) in [5.41, 5.74) is 4.92. The molecule has 0 aliphatic heterocycles. The van der Waals surface area contributed by atoms with Crippen molar-refractivity contribution in [3.8, 4) is 0 Å². The molecule has 9 heteroatoms. The second-order valence-corrected chi connectivity index (χ2v) is 14.7. The van der Waals surface area contributed by atoms with Crippen LogP contribution in [0.1, 0.15) is 83.9 Å². The maximum atomic E-state index is 14.1. The average Bonchev–Trinajstić information content (AvgIpc) is 3.23.